The monoisotopic (exact) mass is 330 g/mol. The van der Waals surface area contributed by atoms with Gasteiger partial charge >= 0.3 is 0 Å². The number of hydrogen-bond donors (Lipinski definition) is 0. The van der Waals surface area contributed by atoms with Gasteiger partial charge in [0.05, 0.1) is 12.5 Å². The lowest BCUT2D eigenvalue weighted by Gasteiger charge is -2.24. The highest BCUT2D eigenvalue weighted by Crippen LogP contribution is 2.21. The van der Waals surface area contributed by atoms with E-state index in [9.17, 15) is 0 Å². The number of nitrogens with zero attached hydrogens (tertiary/aromatic N) is 4. The summed E-state index contributed by atoms with van der Waals surface area (Å²) in [6.45, 7) is 1.36. The molecule has 0 spiro atoms. The fourth-order valence-electron chi connectivity index (χ4n) is 1.98. The molecule has 0 bridgehead atoms. The van der Waals surface area contributed by atoms with Crippen molar-refractivity contribution in [2.24, 2.45) is 0 Å². The fourth-order valence-corrected chi connectivity index (χ4v) is 2.41. The summed E-state index contributed by atoms with van der Waals surface area (Å²) in [5.41, 5.74) is 2.23. The molecule has 0 amide bonds. The summed E-state index contributed by atoms with van der Waals surface area (Å²) in [5, 5.41) is 9.58. The van der Waals surface area contributed by atoms with Crippen LogP contribution in [0.25, 0.3) is 0 Å². The molecule has 2 rings (SSSR count). The van der Waals surface area contributed by atoms with Crippen LogP contribution in [-0.2, 0) is 11.9 Å². The normalized spacial score (nSPS) is 10.0. The van der Waals surface area contributed by atoms with E-state index < -0.39 is 0 Å². The van der Waals surface area contributed by atoms with Crippen molar-refractivity contribution in [3.05, 3.63) is 54.0 Å². The summed E-state index contributed by atoms with van der Waals surface area (Å²) in [6.07, 6.45) is 5.85. The smallest absolute Gasteiger partial charge is 0.132 e. The summed E-state index contributed by atoms with van der Waals surface area (Å²) >= 11 is 3.49. The molecule has 2 aromatic heterocycles. The molecule has 0 unspecified atom stereocenters. The number of rotatable bonds is 6. The molecule has 0 aromatic carbocycles. The number of halogens is 1. The van der Waals surface area contributed by atoms with Crippen LogP contribution in [0.1, 0.15) is 17.5 Å². The summed E-state index contributed by atoms with van der Waals surface area (Å²) in [7, 11) is 0. The molecule has 2 aromatic rings. The van der Waals surface area contributed by atoms with Crippen molar-refractivity contribution in [1.82, 2.24) is 9.97 Å². The average Bonchev–Trinajstić information content (AvgIpc) is 2.52. The van der Waals surface area contributed by atoms with Gasteiger partial charge in [-0.2, -0.15) is 5.26 Å². The third kappa shape index (κ3) is 3.78. The summed E-state index contributed by atoms with van der Waals surface area (Å²) in [6, 6.07) is 10.1. The van der Waals surface area contributed by atoms with E-state index in [0.29, 0.717) is 19.5 Å². The minimum absolute atomic E-state index is 0.471. The van der Waals surface area contributed by atoms with Crippen molar-refractivity contribution in [3.8, 4) is 6.07 Å². The van der Waals surface area contributed by atoms with Gasteiger partial charge in [0, 0.05) is 42.6 Å². The number of nitriles is 1. The van der Waals surface area contributed by atoms with Crippen molar-refractivity contribution in [1.29, 1.82) is 5.26 Å². The predicted octanol–water partition coefficient (Wildman–Crippen LogP) is 3.29. The van der Waals surface area contributed by atoms with E-state index in [-0.39, 0.29) is 0 Å². The van der Waals surface area contributed by atoms with E-state index in [0.717, 1.165) is 22.3 Å². The standard InChI is InChI=1S/C15H15BrN4/c16-10-14-5-2-8-19-15(14)20(9-3-6-17)12-13-4-1-7-18-11-13/h1-2,4-5,7-8,11H,3,9-10,12H2. The second-order valence-corrected chi connectivity index (χ2v) is 4.87. The second-order valence-electron chi connectivity index (χ2n) is 4.31. The molecular formula is C15H15BrN4. The first-order valence-corrected chi connectivity index (χ1v) is 7.48. The zero-order valence-corrected chi connectivity index (χ0v) is 12.6. The Morgan fingerprint density at radius 3 is 2.80 bits per heavy atom. The Morgan fingerprint density at radius 1 is 1.25 bits per heavy atom. The van der Waals surface area contributed by atoms with Gasteiger partial charge in [-0.15, -0.1) is 0 Å². The maximum absolute atomic E-state index is 8.84. The highest BCUT2D eigenvalue weighted by Gasteiger charge is 2.12. The van der Waals surface area contributed by atoms with Crippen LogP contribution in [-0.4, -0.2) is 16.5 Å². The largest absolute Gasteiger partial charge is 0.351 e. The first kappa shape index (κ1) is 14.5. The van der Waals surface area contributed by atoms with E-state index in [2.05, 4.69) is 36.9 Å². The van der Waals surface area contributed by atoms with Gasteiger partial charge in [-0.25, -0.2) is 4.98 Å². The SMILES string of the molecule is N#CCCN(Cc1cccnc1)c1ncccc1CBr. The number of anilines is 1. The van der Waals surface area contributed by atoms with Crippen LogP contribution < -0.4 is 4.90 Å². The van der Waals surface area contributed by atoms with Crippen LogP contribution in [0.5, 0.6) is 0 Å². The van der Waals surface area contributed by atoms with Gasteiger partial charge in [0.15, 0.2) is 0 Å². The highest BCUT2D eigenvalue weighted by molar-refractivity contribution is 9.08. The Morgan fingerprint density at radius 2 is 2.10 bits per heavy atom. The molecule has 0 aliphatic rings. The first-order valence-electron chi connectivity index (χ1n) is 6.36. The van der Waals surface area contributed by atoms with Gasteiger partial charge in [0.25, 0.3) is 0 Å². The van der Waals surface area contributed by atoms with Crippen LogP contribution in [0.4, 0.5) is 5.82 Å². The van der Waals surface area contributed by atoms with Gasteiger partial charge in [0.1, 0.15) is 5.82 Å². The summed E-state index contributed by atoms with van der Waals surface area (Å²) in [5.74, 6) is 0.920. The summed E-state index contributed by atoms with van der Waals surface area (Å²) in [4.78, 5) is 10.7. The second kappa shape index (κ2) is 7.61. The topological polar surface area (TPSA) is 52.8 Å². The lowest BCUT2D eigenvalue weighted by atomic mass is 10.2. The van der Waals surface area contributed by atoms with Gasteiger partial charge in [-0.1, -0.05) is 28.1 Å². The molecule has 0 saturated heterocycles. The lowest BCUT2D eigenvalue weighted by Crippen LogP contribution is -2.25. The third-order valence-electron chi connectivity index (χ3n) is 2.90. The molecule has 0 atom stereocenters. The van der Waals surface area contributed by atoms with Crippen LogP contribution in [0.2, 0.25) is 0 Å². The zero-order valence-electron chi connectivity index (χ0n) is 11.0. The first-order chi connectivity index (χ1) is 9.85. The molecule has 0 fully saturated rings. The van der Waals surface area contributed by atoms with E-state index in [1.807, 2.05) is 30.5 Å². The van der Waals surface area contributed by atoms with Gasteiger partial charge in [0.2, 0.25) is 0 Å². The summed E-state index contributed by atoms with van der Waals surface area (Å²) < 4.78 is 0. The maximum atomic E-state index is 8.84. The minimum atomic E-state index is 0.471. The minimum Gasteiger partial charge on any atom is -0.351 e. The van der Waals surface area contributed by atoms with Crippen molar-refractivity contribution >= 4 is 21.7 Å². The van der Waals surface area contributed by atoms with Gasteiger partial charge < -0.3 is 4.90 Å². The lowest BCUT2D eigenvalue weighted by molar-refractivity contribution is 0.776. The number of aromatic nitrogens is 2. The Bertz CT molecular complexity index is 580. The number of pyridine rings is 2. The average molecular weight is 331 g/mol. The third-order valence-corrected chi connectivity index (χ3v) is 3.50. The van der Waals surface area contributed by atoms with Crippen molar-refractivity contribution in [3.63, 3.8) is 0 Å². The molecule has 2 heterocycles. The van der Waals surface area contributed by atoms with Crippen LogP contribution in [0.15, 0.2) is 42.9 Å². The van der Waals surface area contributed by atoms with E-state index in [4.69, 9.17) is 5.26 Å². The van der Waals surface area contributed by atoms with Crippen molar-refractivity contribution in [2.45, 2.75) is 18.3 Å². The molecule has 0 aliphatic carbocycles. The molecule has 0 aliphatic heterocycles. The Balaban J connectivity index is 2.25. The molecule has 0 N–H and O–H groups in total. The molecule has 102 valence electrons. The number of hydrogen-bond acceptors (Lipinski definition) is 4. The van der Waals surface area contributed by atoms with Crippen LogP contribution >= 0.6 is 15.9 Å². The number of alkyl halides is 1. The van der Waals surface area contributed by atoms with Crippen LogP contribution in [0.3, 0.4) is 0 Å². The highest BCUT2D eigenvalue weighted by atomic mass is 79.9. The van der Waals surface area contributed by atoms with E-state index >= 15 is 0 Å². The van der Waals surface area contributed by atoms with Gasteiger partial charge in [-0.3, -0.25) is 4.98 Å². The fraction of sp³-hybridized carbons (Fsp3) is 0.267. The Kier molecular flexibility index (Phi) is 5.51. The predicted molar refractivity (Wildman–Crippen MR) is 82.4 cm³/mol. The molecule has 0 saturated carbocycles. The molecule has 4 nitrogen and oxygen atoms in total. The van der Waals surface area contributed by atoms with Crippen molar-refractivity contribution in [2.75, 3.05) is 11.4 Å². The molecular weight excluding hydrogens is 316 g/mol. The van der Waals surface area contributed by atoms with E-state index in [1.165, 1.54) is 0 Å². The van der Waals surface area contributed by atoms with Crippen LogP contribution in [0, 0.1) is 11.3 Å². The zero-order chi connectivity index (χ0) is 14.2. The molecule has 0 radical (unpaired) electrons. The van der Waals surface area contributed by atoms with E-state index in [1.54, 1.807) is 12.4 Å². The van der Waals surface area contributed by atoms with Gasteiger partial charge in [-0.05, 0) is 17.7 Å². The quantitative estimate of drug-likeness (QED) is 0.762. The molecule has 20 heavy (non-hydrogen) atoms. The van der Waals surface area contributed by atoms with Crippen molar-refractivity contribution < 1.29 is 0 Å². The Hall–Kier alpha value is -1.93. The Labute approximate surface area is 127 Å². The molecule has 5 heteroatoms. The maximum Gasteiger partial charge on any atom is 0.132 e.